The van der Waals surface area contributed by atoms with Crippen LogP contribution in [0.25, 0.3) is 0 Å². The van der Waals surface area contributed by atoms with Gasteiger partial charge in [0.05, 0.1) is 0 Å². The van der Waals surface area contributed by atoms with E-state index < -0.39 is 0 Å². The zero-order chi connectivity index (χ0) is 14.7. The minimum Gasteiger partial charge on any atom is -0.312 e. The first-order chi connectivity index (χ1) is 8.59. The fraction of sp³-hybridized carbons (Fsp3) is 1.00. The van der Waals surface area contributed by atoms with E-state index in [2.05, 4.69) is 63.6 Å². The van der Waals surface area contributed by atoms with Gasteiger partial charge in [0.25, 0.3) is 0 Å². The average molecular weight is 269 g/mol. The van der Waals surface area contributed by atoms with Crippen LogP contribution in [0.1, 0.15) is 54.9 Å². The monoisotopic (exact) mass is 269 g/mol. The molecule has 19 heavy (non-hydrogen) atoms. The van der Waals surface area contributed by atoms with E-state index in [-0.39, 0.29) is 5.54 Å². The summed E-state index contributed by atoms with van der Waals surface area (Å²) in [5, 5.41) is 3.59. The minimum absolute atomic E-state index is 0.241. The second kappa shape index (κ2) is 6.55. The van der Waals surface area contributed by atoms with Gasteiger partial charge in [0.15, 0.2) is 0 Å². The summed E-state index contributed by atoms with van der Waals surface area (Å²) in [6.07, 6.45) is 1.24. The van der Waals surface area contributed by atoms with E-state index in [1.54, 1.807) is 0 Å². The van der Waals surface area contributed by atoms with Gasteiger partial charge in [0, 0.05) is 43.3 Å². The van der Waals surface area contributed by atoms with E-state index in [9.17, 15) is 0 Å². The van der Waals surface area contributed by atoms with E-state index in [4.69, 9.17) is 0 Å². The Kier molecular flexibility index (Phi) is 5.84. The van der Waals surface area contributed by atoms with Gasteiger partial charge in [-0.2, -0.15) is 0 Å². The first kappa shape index (κ1) is 16.9. The van der Waals surface area contributed by atoms with Gasteiger partial charge in [0.2, 0.25) is 0 Å². The molecule has 1 saturated heterocycles. The number of hydrogen-bond acceptors (Lipinski definition) is 3. The van der Waals surface area contributed by atoms with Crippen LogP contribution in [0.4, 0.5) is 0 Å². The molecule has 3 nitrogen and oxygen atoms in total. The van der Waals surface area contributed by atoms with Crippen molar-refractivity contribution in [2.24, 2.45) is 0 Å². The molecule has 0 aliphatic carbocycles. The topological polar surface area (TPSA) is 18.5 Å². The van der Waals surface area contributed by atoms with Gasteiger partial charge in [-0.3, -0.25) is 9.80 Å². The lowest BCUT2D eigenvalue weighted by molar-refractivity contribution is 0.0436. The molecule has 1 rings (SSSR count). The van der Waals surface area contributed by atoms with Crippen molar-refractivity contribution in [2.75, 3.05) is 32.7 Å². The fourth-order valence-corrected chi connectivity index (χ4v) is 2.67. The van der Waals surface area contributed by atoms with E-state index in [0.717, 1.165) is 6.54 Å². The Balaban J connectivity index is 2.27. The maximum Gasteiger partial charge on any atom is 0.0126 e. The molecule has 1 aliphatic heterocycles. The third-order valence-electron chi connectivity index (χ3n) is 4.10. The Morgan fingerprint density at radius 1 is 0.947 bits per heavy atom. The standard InChI is InChI=1S/C16H35N3/c1-14(8-9-17-15(2,3)4)18-10-12-19(13-11-18)16(5,6)7/h14,17H,8-13H2,1-7H3. The lowest BCUT2D eigenvalue weighted by Gasteiger charge is -2.44. The summed E-state index contributed by atoms with van der Waals surface area (Å²) in [5.41, 5.74) is 0.563. The number of rotatable bonds is 4. The largest absolute Gasteiger partial charge is 0.312 e. The predicted octanol–water partition coefficient (Wildman–Crippen LogP) is 2.57. The Hall–Kier alpha value is -0.120. The van der Waals surface area contributed by atoms with Crippen molar-refractivity contribution < 1.29 is 0 Å². The first-order valence-electron chi connectivity index (χ1n) is 7.84. The van der Waals surface area contributed by atoms with Crippen LogP contribution < -0.4 is 5.32 Å². The SMILES string of the molecule is CC(CCNC(C)(C)C)N1CCN(C(C)(C)C)CC1. The molecule has 1 fully saturated rings. The second-order valence-electron chi connectivity index (χ2n) is 8.01. The quantitative estimate of drug-likeness (QED) is 0.846. The highest BCUT2D eigenvalue weighted by atomic mass is 15.3. The van der Waals surface area contributed by atoms with Gasteiger partial charge in [-0.25, -0.2) is 0 Å². The molecule has 0 radical (unpaired) electrons. The number of hydrogen-bond donors (Lipinski definition) is 1. The maximum absolute atomic E-state index is 3.59. The van der Waals surface area contributed by atoms with Crippen LogP contribution in [0, 0.1) is 0 Å². The molecule has 0 bridgehead atoms. The van der Waals surface area contributed by atoms with Crippen LogP contribution in [0.15, 0.2) is 0 Å². The van der Waals surface area contributed by atoms with Crippen molar-refractivity contribution in [3.8, 4) is 0 Å². The van der Waals surface area contributed by atoms with Crippen LogP contribution in [-0.2, 0) is 0 Å². The molecule has 114 valence electrons. The Morgan fingerprint density at radius 3 is 1.89 bits per heavy atom. The lowest BCUT2D eigenvalue weighted by Crippen LogP contribution is -2.55. The summed E-state index contributed by atoms with van der Waals surface area (Å²) in [4.78, 5) is 5.25. The molecule has 1 unspecified atom stereocenters. The van der Waals surface area contributed by atoms with Gasteiger partial charge in [-0.05, 0) is 61.4 Å². The van der Waals surface area contributed by atoms with Gasteiger partial charge in [0.1, 0.15) is 0 Å². The number of piperazine rings is 1. The van der Waals surface area contributed by atoms with Crippen molar-refractivity contribution in [2.45, 2.75) is 72.0 Å². The molecule has 0 amide bonds. The third-order valence-corrected chi connectivity index (χ3v) is 4.10. The number of nitrogens with zero attached hydrogens (tertiary/aromatic N) is 2. The molecular formula is C16H35N3. The van der Waals surface area contributed by atoms with Crippen molar-refractivity contribution in [3.05, 3.63) is 0 Å². The van der Waals surface area contributed by atoms with Crippen molar-refractivity contribution >= 4 is 0 Å². The molecule has 0 spiro atoms. The smallest absolute Gasteiger partial charge is 0.0126 e. The zero-order valence-electron chi connectivity index (χ0n) is 14.2. The highest BCUT2D eigenvalue weighted by molar-refractivity contribution is 4.84. The highest BCUT2D eigenvalue weighted by Gasteiger charge is 2.27. The normalized spacial score (nSPS) is 21.6. The molecule has 0 aromatic carbocycles. The summed E-state index contributed by atoms with van der Waals surface area (Å²) in [5.74, 6) is 0. The molecule has 0 aromatic rings. The molecule has 0 aromatic heterocycles. The van der Waals surface area contributed by atoms with E-state index in [0.29, 0.717) is 11.6 Å². The second-order valence-corrected chi connectivity index (χ2v) is 8.01. The molecule has 1 heterocycles. The van der Waals surface area contributed by atoms with Crippen molar-refractivity contribution in [1.82, 2.24) is 15.1 Å². The van der Waals surface area contributed by atoms with Crippen LogP contribution in [-0.4, -0.2) is 59.6 Å². The van der Waals surface area contributed by atoms with E-state index in [1.165, 1.54) is 32.6 Å². The Labute approximate surface area is 120 Å². The molecular weight excluding hydrogens is 234 g/mol. The van der Waals surface area contributed by atoms with Gasteiger partial charge >= 0.3 is 0 Å². The summed E-state index contributed by atoms with van der Waals surface area (Å²) < 4.78 is 0. The van der Waals surface area contributed by atoms with Gasteiger partial charge in [-0.1, -0.05) is 0 Å². The van der Waals surface area contributed by atoms with E-state index in [1.807, 2.05) is 0 Å². The fourth-order valence-electron chi connectivity index (χ4n) is 2.67. The zero-order valence-corrected chi connectivity index (χ0v) is 14.2. The summed E-state index contributed by atoms with van der Waals surface area (Å²) >= 11 is 0. The van der Waals surface area contributed by atoms with Crippen LogP contribution in [0.3, 0.4) is 0 Å². The Bertz CT molecular complexity index is 254. The molecule has 0 saturated carbocycles. The van der Waals surface area contributed by atoms with Crippen LogP contribution in [0.5, 0.6) is 0 Å². The van der Waals surface area contributed by atoms with Crippen molar-refractivity contribution in [3.63, 3.8) is 0 Å². The van der Waals surface area contributed by atoms with Crippen molar-refractivity contribution in [1.29, 1.82) is 0 Å². The molecule has 1 N–H and O–H groups in total. The minimum atomic E-state index is 0.241. The predicted molar refractivity (Wildman–Crippen MR) is 84.7 cm³/mol. The third kappa shape index (κ3) is 6.24. The summed E-state index contributed by atoms with van der Waals surface area (Å²) in [6.45, 7) is 22.0. The average Bonchev–Trinajstić information content (AvgIpc) is 2.26. The van der Waals surface area contributed by atoms with Crippen LogP contribution in [0.2, 0.25) is 0 Å². The highest BCUT2D eigenvalue weighted by Crippen LogP contribution is 2.17. The molecule has 1 aliphatic rings. The van der Waals surface area contributed by atoms with Crippen LogP contribution >= 0.6 is 0 Å². The first-order valence-corrected chi connectivity index (χ1v) is 7.84. The van der Waals surface area contributed by atoms with E-state index >= 15 is 0 Å². The molecule has 1 atom stereocenters. The Morgan fingerprint density at radius 2 is 1.47 bits per heavy atom. The number of nitrogens with one attached hydrogen (secondary N) is 1. The lowest BCUT2D eigenvalue weighted by atomic mass is 10.0. The van der Waals surface area contributed by atoms with Gasteiger partial charge < -0.3 is 5.32 Å². The maximum atomic E-state index is 3.59. The summed E-state index contributed by atoms with van der Waals surface area (Å²) in [6, 6.07) is 0.692. The molecule has 3 heteroatoms. The summed E-state index contributed by atoms with van der Waals surface area (Å²) in [7, 11) is 0. The van der Waals surface area contributed by atoms with Gasteiger partial charge in [-0.15, -0.1) is 0 Å².